The average Bonchev–Trinajstić information content (AvgIpc) is 2.90. The minimum absolute atomic E-state index is 0.287. The molecule has 22 heavy (non-hydrogen) atoms. The molecule has 0 atom stereocenters. The van der Waals surface area contributed by atoms with Crippen molar-refractivity contribution >= 4 is 33.3 Å². The van der Waals surface area contributed by atoms with Gasteiger partial charge in [-0.05, 0) is 30.5 Å². The van der Waals surface area contributed by atoms with Gasteiger partial charge in [0.05, 0.1) is 0 Å². The number of rotatable bonds is 6. The molecule has 2 rings (SSSR count). The number of halogens is 1. The minimum atomic E-state index is -0.611. The first-order valence-electron chi connectivity index (χ1n) is 7.09. The van der Waals surface area contributed by atoms with E-state index in [9.17, 15) is 14.0 Å². The predicted molar refractivity (Wildman–Crippen MR) is 84.5 cm³/mol. The molecule has 0 aliphatic rings. The lowest BCUT2D eigenvalue weighted by Crippen LogP contribution is -2.30. The van der Waals surface area contributed by atoms with E-state index in [0.29, 0.717) is 22.5 Å². The number of hydrogen-bond donors (Lipinski definition) is 1. The van der Waals surface area contributed by atoms with Crippen LogP contribution in [0.4, 0.5) is 4.39 Å². The van der Waals surface area contributed by atoms with Crippen molar-refractivity contribution in [2.24, 2.45) is 5.92 Å². The van der Waals surface area contributed by atoms with E-state index in [1.807, 2.05) is 0 Å². The van der Waals surface area contributed by atoms with E-state index in [4.69, 9.17) is 4.74 Å². The molecule has 1 heterocycles. The molecule has 0 unspecified atom stereocenters. The Bertz CT molecular complexity index is 681. The summed E-state index contributed by atoms with van der Waals surface area (Å²) in [7, 11) is 0. The Hall–Kier alpha value is -1.95. The standard InChI is InChI=1S/C16H18FNO3S/c1-10(2)6-7-18-15(19)9-21-16(20)14-8-11-12(17)4-3-5-13(11)22-14/h3-5,8,10H,6-7,9H2,1-2H3,(H,18,19). The van der Waals surface area contributed by atoms with E-state index >= 15 is 0 Å². The Morgan fingerprint density at radius 2 is 2.14 bits per heavy atom. The first-order valence-corrected chi connectivity index (χ1v) is 7.91. The molecule has 0 saturated heterocycles. The van der Waals surface area contributed by atoms with E-state index in [1.165, 1.54) is 12.1 Å². The molecule has 1 aromatic heterocycles. The number of benzene rings is 1. The molecule has 1 N–H and O–H groups in total. The van der Waals surface area contributed by atoms with Crippen molar-refractivity contribution in [2.75, 3.05) is 13.2 Å². The molecule has 0 bridgehead atoms. The minimum Gasteiger partial charge on any atom is -0.451 e. The van der Waals surface area contributed by atoms with Crippen molar-refractivity contribution in [3.05, 3.63) is 35.0 Å². The second-order valence-electron chi connectivity index (χ2n) is 5.37. The van der Waals surface area contributed by atoms with Crippen LogP contribution in [0.1, 0.15) is 29.9 Å². The topological polar surface area (TPSA) is 55.4 Å². The summed E-state index contributed by atoms with van der Waals surface area (Å²) in [6, 6.07) is 6.12. The average molecular weight is 323 g/mol. The van der Waals surface area contributed by atoms with Crippen LogP contribution in [0, 0.1) is 11.7 Å². The van der Waals surface area contributed by atoms with Crippen LogP contribution < -0.4 is 5.32 Å². The largest absolute Gasteiger partial charge is 0.451 e. The fraction of sp³-hybridized carbons (Fsp3) is 0.375. The van der Waals surface area contributed by atoms with Crippen molar-refractivity contribution in [2.45, 2.75) is 20.3 Å². The third-order valence-corrected chi connectivity index (χ3v) is 4.17. The van der Waals surface area contributed by atoms with Crippen molar-refractivity contribution in [3.8, 4) is 0 Å². The van der Waals surface area contributed by atoms with Gasteiger partial charge in [-0.25, -0.2) is 9.18 Å². The summed E-state index contributed by atoms with van der Waals surface area (Å²) in [5, 5.41) is 3.07. The maximum atomic E-state index is 13.6. The van der Waals surface area contributed by atoms with E-state index in [2.05, 4.69) is 19.2 Å². The zero-order valence-electron chi connectivity index (χ0n) is 12.5. The monoisotopic (exact) mass is 323 g/mol. The zero-order chi connectivity index (χ0) is 16.1. The molecule has 4 nitrogen and oxygen atoms in total. The Morgan fingerprint density at radius 3 is 2.82 bits per heavy atom. The Morgan fingerprint density at radius 1 is 1.36 bits per heavy atom. The number of carbonyl (C=O) groups excluding carboxylic acids is 2. The number of hydrogen-bond acceptors (Lipinski definition) is 4. The first kappa shape index (κ1) is 16.4. The van der Waals surface area contributed by atoms with E-state index < -0.39 is 5.97 Å². The fourth-order valence-electron chi connectivity index (χ4n) is 1.88. The Labute approximate surface area is 132 Å². The Balaban J connectivity index is 1.88. The molecule has 1 aromatic carbocycles. The van der Waals surface area contributed by atoms with Crippen molar-refractivity contribution in [1.82, 2.24) is 5.32 Å². The normalized spacial score (nSPS) is 10.9. The lowest BCUT2D eigenvalue weighted by molar-refractivity contribution is -0.124. The number of esters is 1. The maximum absolute atomic E-state index is 13.6. The molecule has 0 radical (unpaired) electrons. The van der Waals surface area contributed by atoms with Crippen LogP contribution in [0.15, 0.2) is 24.3 Å². The number of ether oxygens (including phenoxy) is 1. The summed E-state index contributed by atoms with van der Waals surface area (Å²) < 4.78 is 19.2. The van der Waals surface area contributed by atoms with Gasteiger partial charge in [0.1, 0.15) is 10.7 Å². The molecule has 1 amide bonds. The highest BCUT2D eigenvalue weighted by atomic mass is 32.1. The lowest BCUT2D eigenvalue weighted by atomic mass is 10.1. The van der Waals surface area contributed by atoms with Crippen LogP contribution in [-0.4, -0.2) is 25.0 Å². The van der Waals surface area contributed by atoms with Crippen LogP contribution >= 0.6 is 11.3 Å². The molecule has 0 aliphatic heterocycles. The molecule has 6 heteroatoms. The predicted octanol–water partition coefficient (Wildman–Crippen LogP) is 3.36. The zero-order valence-corrected chi connectivity index (χ0v) is 13.3. The molecular weight excluding hydrogens is 305 g/mol. The summed E-state index contributed by atoms with van der Waals surface area (Å²) in [5.74, 6) is -0.823. The number of fused-ring (bicyclic) bond motifs is 1. The van der Waals surface area contributed by atoms with Crippen LogP contribution in [0.2, 0.25) is 0 Å². The highest BCUT2D eigenvalue weighted by Crippen LogP contribution is 2.27. The molecule has 2 aromatic rings. The number of nitrogens with one attached hydrogen (secondary N) is 1. The third-order valence-electron chi connectivity index (χ3n) is 3.09. The first-order chi connectivity index (χ1) is 10.5. The van der Waals surface area contributed by atoms with Gasteiger partial charge in [0.25, 0.3) is 5.91 Å². The van der Waals surface area contributed by atoms with Gasteiger partial charge in [-0.1, -0.05) is 19.9 Å². The summed E-state index contributed by atoms with van der Waals surface area (Å²) in [5.41, 5.74) is 0. The van der Waals surface area contributed by atoms with E-state index in [-0.39, 0.29) is 23.2 Å². The molecule has 118 valence electrons. The second kappa shape index (κ2) is 7.35. The third kappa shape index (κ3) is 4.27. The number of thiophene rings is 1. The summed E-state index contributed by atoms with van der Waals surface area (Å²) in [6.45, 7) is 4.36. The molecule has 0 spiro atoms. The molecule has 0 fully saturated rings. The van der Waals surface area contributed by atoms with Gasteiger partial charge in [-0.3, -0.25) is 4.79 Å². The molecule has 0 aliphatic carbocycles. The highest BCUT2D eigenvalue weighted by molar-refractivity contribution is 7.20. The lowest BCUT2D eigenvalue weighted by Gasteiger charge is -2.07. The van der Waals surface area contributed by atoms with Gasteiger partial charge in [0, 0.05) is 16.6 Å². The van der Waals surface area contributed by atoms with Gasteiger partial charge in [-0.15, -0.1) is 11.3 Å². The maximum Gasteiger partial charge on any atom is 0.348 e. The van der Waals surface area contributed by atoms with E-state index in [0.717, 1.165) is 17.8 Å². The Kier molecular flexibility index (Phi) is 5.49. The number of carbonyl (C=O) groups is 2. The van der Waals surface area contributed by atoms with Crippen LogP contribution in [0.3, 0.4) is 0 Å². The molecule has 0 saturated carbocycles. The summed E-state index contributed by atoms with van der Waals surface area (Å²) in [4.78, 5) is 23.7. The fourth-order valence-corrected chi connectivity index (χ4v) is 2.85. The van der Waals surface area contributed by atoms with Crippen molar-refractivity contribution in [3.63, 3.8) is 0 Å². The molecular formula is C16H18FNO3S. The number of amides is 1. The van der Waals surface area contributed by atoms with Gasteiger partial charge >= 0.3 is 5.97 Å². The quantitative estimate of drug-likeness (QED) is 0.829. The summed E-state index contributed by atoms with van der Waals surface area (Å²) in [6.07, 6.45) is 0.870. The van der Waals surface area contributed by atoms with Crippen LogP contribution in [0.25, 0.3) is 10.1 Å². The van der Waals surface area contributed by atoms with Gasteiger partial charge in [0.2, 0.25) is 0 Å². The van der Waals surface area contributed by atoms with Gasteiger partial charge in [-0.2, -0.15) is 0 Å². The van der Waals surface area contributed by atoms with Gasteiger partial charge in [0.15, 0.2) is 6.61 Å². The SMILES string of the molecule is CC(C)CCNC(=O)COC(=O)c1cc2c(F)cccc2s1. The van der Waals surface area contributed by atoms with Crippen molar-refractivity contribution in [1.29, 1.82) is 0 Å². The van der Waals surface area contributed by atoms with Gasteiger partial charge < -0.3 is 10.1 Å². The van der Waals surface area contributed by atoms with Crippen LogP contribution in [-0.2, 0) is 9.53 Å². The summed E-state index contributed by atoms with van der Waals surface area (Å²) >= 11 is 1.15. The van der Waals surface area contributed by atoms with E-state index in [1.54, 1.807) is 12.1 Å². The smallest absolute Gasteiger partial charge is 0.348 e. The second-order valence-corrected chi connectivity index (χ2v) is 6.45. The van der Waals surface area contributed by atoms with Crippen LogP contribution in [0.5, 0.6) is 0 Å². The highest BCUT2D eigenvalue weighted by Gasteiger charge is 2.15. The van der Waals surface area contributed by atoms with Crippen molar-refractivity contribution < 1.29 is 18.7 Å².